The Hall–Kier alpha value is -1.12. The van der Waals surface area contributed by atoms with Crippen LogP contribution in [0.25, 0.3) is 5.57 Å². The van der Waals surface area contributed by atoms with Gasteiger partial charge in [0.15, 0.2) is 0 Å². The first-order valence-electron chi connectivity index (χ1n) is 3.88. The van der Waals surface area contributed by atoms with Crippen LogP contribution in [0.3, 0.4) is 0 Å². The lowest BCUT2D eigenvalue weighted by Crippen LogP contribution is -1.97. The van der Waals surface area contributed by atoms with E-state index in [9.17, 15) is 0 Å². The van der Waals surface area contributed by atoms with E-state index in [0.29, 0.717) is 6.61 Å². The summed E-state index contributed by atoms with van der Waals surface area (Å²) in [5, 5.41) is 0. The molecule has 0 fully saturated rings. The third-order valence-corrected chi connectivity index (χ3v) is 1.71. The van der Waals surface area contributed by atoms with E-state index >= 15 is 0 Å². The summed E-state index contributed by atoms with van der Waals surface area (Å²) in [6, 6.07) is 10.1. The van der Waals surface area contributed by atoms with Gasteiger partial charge in [-0.1, -0.05) is 36.4 Å². The van der Waals surface area contributed by atoms with E-state index in [2.05, 4.69) is 17.0 Å². The molecule has 1 aromatic rings. The molecule has 12 heavy (non-hydrogen) atoms. The molecule has 0 amide bonds. The first-order valence-corrected chi connectivity index (χ1v) is 3.88. The van der Waals surface area contributed by atoms with Crippen molar-refractivity contribution < 1.29 is 4.84 Å². The maximum absolute atomic E-state index is 4.91. The van der Waals surface area contributed by atoms with Crippen molar-refractivity contribution in [3.05, 3.63) is 42.0 Å². The number of allylic oxidation sites excluding steroid dienone is 1. The second kappa shape index (κ2) is 4.70. The smallest absolute Gasteiger partial charge is 0.0866 e. The van der Waals surface area contributed by atoms with E-state index in [0.717, 1.165) is 0 Å². The van der Waals surface area contributed by atoms with Crippen LogP contribution in [0.1, 0.15) is 12.5 Å². The van der Waals surface area contributed by atoms with Crippen molar-refractivity contribution in [2.24, 2.45) is 5.90 Å². The predicted molar refractivity (Wildman–Crippen MR) is 50.2 cm³/mol. The van der Waals surface area contributed by atoms with Crippen LogP contribution in [-0.2, 0) is 4.84 Å². The van der Waals surface area contributed by atoms with Gasteiger partial charge in [-0.25, -0.2) is 5.90 Å². The number of benzene rings is 1. The van der Waals surface area contributed by atoms with Crippen molar-refractivity contribution in [2.75, 3.05) is 6.61 Å². The molecule has 1 rings (SSSR count). The highest BCUT2D eigenvalue weighted by atomic mass is 16.6. The summed E-state index contributed by atoms with van der Waals surface area (Å²) < 4.78 is 0. The molecule has 0 aliphatic carbocycles. The van der Waals surface area contributed by atoms with Crippen LogP contribution in [0, 0.1) is 0 Å². The summed E-state index contributed by atoms with van der Waals surface area (Å²) in [5.41, 5.74) is 2.38. The normalized spacial score (nSPS) is 11.7. The fourth-order valence-electron chi connectivity index (χ4n) is 0.992. The first kappa shape index (κ1) is 8.97. The number of nitrogens with two attached hydrogens (primary N) is 1. The molecule has 2 N–H and O–H groups in total. The lowest BCUT2D eigenvalue weighted by atomic mass is 10.1. The molecule has 0 unspecified atom stereocenters. The Morgan fingerprint density at radius 3 is 2.67 bits per heavy atom. The molecule has 0 spiro atoms. The van der Waals surface area contributed by atoms with Crippen LogP contribution < -0.4 is 5.90 Å². The summed E-state index contributed by atoms with van der Waals surface area (Å²) in [4.78, 5) is 4.46. The van der Waals surface area contributed by atoms with Crippen molar-refractivity contribution in [3.8, 4) is 0 Å². The number of hydrogen-bond donors (Lipinski definition) is 1. The maximum Gasteiger partial charge on any atom is 0.0866 e. The zero-order valence-corrected chi connectivity index (χ0v) is 7.16. The topological polar surface area (TPSA) is 35.2 Å². The predicted octanol–water partition coefficient (Wildman–Crippen LogP) is 1.98. The summed E-state index contributed by atoms with van der Waals surface area (Å²) in [6.07, 6.45) is 1.95. The van der Waals surface area contributed by atoms with Gasteiger partial charge in [0, 0.05) is 0 Å². The molecule has 0 radical (unpaired) electrons. The van der Waals surface area contributed by atoms with E-state index < -0.39 is 0 Å². The minimum absolute atomic E-state index is 0.459. The lowest BCUT2D eigenvalue weighted by Gasteiger charge is -1.99. The molecule has 64 valence electrons. The molecule has 0 saturated heterocycles. The van der Waals surface area contributed by atoms with Crippen molar-refractivity contribution >= 4 is 5.57 Å². The van der Waals surface area contributed by atoms with Crippen LogP contribution in [0.2, 0.25) is 0 Å². The number of hydrogen-bond acceptors (Lipinski definition) is 2. The van der Waals surface area contributed by atoms with E-state index in [1.54, 1.807) is 0 Å². The highest BCUT2D eigenvalue weighted by Gasteiger charge is 1.91. The Balaban J connectivity index is 2.71. The molecular weight excluding hydrogens is 150 g/mol. The Bertz CT molecular complexity index is 254. The molecule has 0 saturated carbocycles. The van der Waals surface area contributed by atoms with Crippen LogP contribution in [-0.4, -0.2) is 6.61 Å². The minimum Gasteiger partial charge on any atom is -0.300 e. The van der Waals surface area contributed by atoms with Crippen LogP contribution in [0.4, 0.5) is 0 Å². The van der Waals surface area contributed by atoms with Crippen LogP contribution >= 0.6 is 0 Å². The Morgan fingerprint density at radius 2 is 2.08 bits per heavy atom. The lowest BCUT2D eigenvalue weighted by molar-refractivity contribution is 0.168. The molecule has 0 heterocycles. The van der Waals surface area contributed by atoms with Gasteiger partial charge >= 0.3 is 0 Å². The highest BCUT2D eigenvalue weighted by Crippen LogP contribution is 2.11. The SMILES string of the molecule is CC(=CCON)c1ccccc1. The van der Waals surface area contributed by atoms with Gasteiger partial charge < -0.3 is 4.84 Å². The van der Waals surface area contributed by atoms with Gasteiger partial charge in [-0.2, -0.15) is 0 Å². The summed E-state index contributed by atoms with van der Waals surface area (Å²) >= 11 is 0. The Morgan fingerprint density at radius 1 is 1.42 bits per heavy atom. The Labute approximate surface area is 72.6 Å². The van der Waals surface area contributed by atoms with E-state index in [-0.39, 0.29) is 0 Å². The fraction of sp³-hybridized carbons (Fsp3) is 0.200. The van der Waals surface area contributed by atoms with Gasteiger partial charge in [0.05, 0.1) is 6.61 Å². The fourth-order valence-corrected chi connectivity index (χ4v) is 0.992. The second-order valence-electron chi connectivity index (χ2n) is 2.59. The van der Waals surface area contributed by atoms with Crippen molar-refractivity contribution in [2.45, 2.75) is 6.92 Å². The zero-order chi connectivity index (χ0) is 8.81. The molecule has 2 nitrogen and oxygen atoms in total. The molecule has 0 aliphatic heterocycles. The summed E-state index contributed by atoms with van der Waals surface area (Å²) in [6.45, 7) is 2.50. The van der Waals surface area contributed by atoms with E-state index in [4.69, 9.17) is 5.90 Å². The minimum atomic E-state index is 0.459. The van der Waals surface area contributed by atoms with Crippen LogP contribution in [0.5, 0.6) is 0 Å². The van der Waals surface area contributed by atoms with Gasteiger partial charge in [0.25, 0.3) is 0 Å². The quantitative estimate of drug-likeness (QED) is 0.691. The largest absolute Gasteiger partial charge is 0.300 e. The molecule has 2 heteroatoms. The van der Waals surface area contributed by atoms with Gasteiger partial charge in [-0.15, -0.1) is 0 Å². The highest BCUT2D eigenvalue weighted by molar-refractivity contribution is 5.63. The van der Waals surface area contributed by atoms with Crippen LogP contribution in [0.15, 0.2) is 36.4 Å². The maximum atomic E-state index is 4.91. The van der Waals surface area contributed by atoms with Crippen molar-refractivity contribution in [3.63, 3.8) is 0 Å². The van der Waals surface area contributed by atoms with Gasteiger partial charge in [0.1, 0.15) is 0 Å². The van der Waals surface area contributed by atoms with Gasteiger partial charge in [0.2, 0.25) is 0 Å². The average molecular weight is 163 g/mol. The monoisotopic (exact) mass is 163 g/mol. The molecular formula is C10H13NO. The molecule has 1 aromatic carbocycles. The summed E-state index contributed by atoms with van der Waals surface area (Å²) in [5.74, 6) is 4.91. The molecule has 0 atom stereocenters. The second-order valence-corrected chi connectivity index (χ2v) is 2.59. The molecule has 0 aromatic heterocycles. The van der Waals surface area contributed by atoms with E-state index in [1.807, 2.05) is 31.2 Å². The first-order chi connectivity index (χ1) is 5.84. The third-order valence-electron chi connectivity index (χ3n) is 1.71. The Kier molecular flexibility index (Phi) is 3.51. The summed E-state index contributed by atoms with van der Waals surface area (Å²) in [7, 11) is 0. The zero-order valence-electron chi connectivity index (χ0n) is 7.16. The average Bonchev–Trinajstić information content (AvgIpc) is 2.15. The van der Waals surface area contributed by atoms with Gasteiger partial charge in [-0.3, -0.25) is 0 Å². The molecule has 0 bridgehead atoms. The van der Waals surface area contributed by atoms with E-state index in [1.165, 1.54) is 11.1 Å². The molecule has 0 aliphatic rings. The van der Waals surface area contributed by atoms with Crippen molar-refractivity contribution in [1.29, 1.82) is 0 Å². The standard InChI is InChI=1S/C10H13NO/c1-9(7-8-12-11)10-5-3-2-4-6-10/h2-7H,8,11H2,1H3. The van der Waals surface area contributed by atoms with Gasteiger partial charge in [-0.05, 0) is 18.1 Å². The van der Waals surface area contributed by atoms with Crippen molar-refractivity contribution in [1.82, 2.24) is 0 Å². The third kappa shape index (κ3) is 2.49. The number of rotatable bonds is 3.